The van der Waals surface area contributed by atoms with Gasteiger partial charge in [0.2, 0.25) is 0 Å². The molecule has 0 spiro atoms. The number of amides is 2. The third-order valence-electron chi connectivity index (χ3n) is 3.65. The van der Waals surface area contributed by atoms with E-state index in [2.05, 4.69) is 26.6 Å². The van der Waals surface area contributed by atoms with E-state index < -0.39 is 0 Å². The lowest BCUT2D eigenvalue weighted by Crippen LogP contribution is -2.30. The molecule has 104 valence electrons. The molecule has 2 rings (SSSR count). The Morgan fingerprint density at radius 3 is 2.79 bits per heavy atom. The van der Waals surface area contributed by atoms with Gasteiger partial charge in [-0.1, -0.05) is 54.1 Å². The molecule has 0 atom stereocenters. The molecule has 0 saturated heterocycles. The fourth-order valence-corrected chi connectivity index (χ4v) is 3.01. The van der Waals surface area contributed by atoms with Crippen LogP contribution in [0.5, 0.6) is 0 Å². The molecule has 0 aromatic heterocycles. The summed E-state index contributed by atoms with van der Waals surface area (Å²) in [5.41, 5.74) is 0.810. The second kappa shape index (κ2) is 7.53. The average Bonchev–Trinajstić information content (AvgIpc) is 2.40. The minimum absolute atomic E-state index is 0.117. The molecule has 1 aliphatic rings. The molecular formula is C15H21BrN2O. The zero-order chi connectivity index (χ0) is 13.5. The summed E-state index contributed by atoms with van der Waals surface area (Å²) in [6.45, 7) is 0.768. The van der Waals surface area contributed by atoms with Crippen molar-refractivity contribution in [3.8, 4) is 0 Å². The van der Waals surface area contributed by atoms with Gasteiger partial charge in [0.05, 0.1) is 0 Å². The summed E-state index contributed by atoms with van der Waals surface area (Å²) in [5, 5.41) is 5.77. The molecule has 1 aromatic carbocycles. The van der Waals surface area contributed by atoms with Gasteiger partial charge in [0.15, 0.2) is 0 Å². The van der Waals surface area contributed by atoms with E-state index in [1.165, 1.54) is 32.1 Å². The number of carbonyl (C=O) groups is 1. The van der Waals surface area contributed by atoms with Gasteiger partial charge in [-0.05, 0) is 30.5 Å². The van der Waals surface area contributed by atoms with Crippen LogP contribution in [0, 0.1) is 5.92 Å². The zero-order valence-corrected chi connectivity index (χ0v) is 12.7. The fraction of sp³-hybridized carbons (Fsp3) is 0.533. The van der Waals surface area contributed by atoms with Crippen LogP contribution in [-0.2, 0) is 0 Å². The summed E-state index contributed by atoms with van der Waals surface area (Å²) in [4.78, 5) is 11.7. The van der Waals surface area contributed by atoms with Crippen LogP contribution >= 0.6 is 15.9 Å². The number of anilines is 1. The van der Waals surface area contributed by atoms with Gasteiger partial charge in [0, 0.05) is 16.7 Å². The van der Waals surface area contributed by atoms with Crippen LogP contribution in [0.2, 0.25) is 0 Å². The number of urea groups is 1. The maximum atomic E-state index is 11.7. The van der Waals surface area contributed by atoms with E-state index in [0.717, 1.165) is 29.0 Å². The van der Waals surface area contributed by atoms with Crippen LogP contribution in [0.3, 0.4) is 0 Å². The summed E-state index contributed by atoms with van der Waals surface area (Å²) < 4.78 is 0.965. The zero-order valence-electron chi connectivity index (χ0n) is 11.1. The average molecular weight is 325 g/mol. The van der Waals surface area contributed by atoms with Crippen LogP contribution < -0.4 is 10.6 Å². The molecule has 0 aliphatic heterocycles. The smallest absolute Gasteiger partial charge is 0.319 e. The summed E-state index contributed by atoms with van der Waals surface area (Å²) in [7, 11) is 0. The number of nitrogens with one attached hydrogen (secondary N) is 2. The number of halogens is 1. The number of benzene rings is 1. The van der Waals surface area contributed by atoms with E-state index in [0.29, 0.717) is 0 Å². The number of carbonyl (C=O) groups excluding carboxylic acids is 1. The molecule has 1 aromatic rings. The van der Waals surface area contributed by atoms with Crippen molar-refractivity contribution in [2.45, 2.75) is 38.5 Å². The monoisotopic (exact) mass is 324 g/mol. The quantitative estimate of drug-likeness (QED) is 0.838. The predicted octanol–water partition coefficient (Wildman–Crippen LogP) is 4.54. The molecule has 4 heteroatoms. The molecule has 0 heterocycles. The van der Waals surface area contributed by atoms with Crippen LogP contribution in [0.1, 0.15) is 38.5 Å². The molecule has 1 fully saturated rings. The summed E-state index contributed by atoms with van der Waals surface area (Å²) in [6, 6.07) is 7.49. The van der Waals surface area contributed by atoms with Gasteiger partial charge in [-0.15, -0.1) is 0 Å². The molecule has 3 nitrogen and oxygen atoms in total. The lowest BCUT2D eigenvalue weighted by Gasteiger charge is -2.21. The van der Waals surface area contributed by atoms with Gasteiger partial charge in [-0.3, -0.25) is 0 Å². The van der Waals surface area contributed by atoms with E-state index >= 15 is 0 Å². The molecule has 19 heavy (non-hydrogen) atoms. The van der Waals surface area contributed by atoms with Crippen molar-refractivity contribution in [2.75, 3.05) is 11.9 Å². The molecule has 2 amide bonds. The topological polar surface area (TPSA) is 41.1 Å². The maximum Gasteiger partial charge on any atom is 0.319 e. The van der Waals surface area contributed by atoms with Gasteiger partial charge in [0.1, 0.15) is 0 Å². The van der Waals surface area contributed by atoms with Crippen molar-refractivity contribution in [2.24, 2.45) is 5.92 Å². The van der Waals surface area contributed by atoms with Gasteiger partial charge in [0.25, 0.3) is 0 Å². The maximum absolute atomic E-state index is 11.7. The van der Waals surface area contributed by atoms with Gasteiger partial charge in [-0.25, -0.2) is 4.79 Å². The molecule has 0 bridgehead atoms. The first-order chi connectivity index (χ1) is 9.24. The second-order valence-electron chi connectivity index (χ2n) is 5.18. The lowest BCUT2D eigenvalue weighted by atomic mass is 9.87. The molecule has 0 radical (unpaired) electrons. The largest absolute Gasteiger partial charge is 0.338 e. The summed E-state index contributed by atoms with van der Waals surface area (Å²) in [6.07, 6.45) is 7.85. The van der Waals surface area contributed by atoms with Crippen molar-refractivity contribution in [3.63, 3.8) is 0 Å². The SMILES string of the molecule is O=C(NCCC1CCCCC1)Nc1cccc(Br)c1. The van der Waals surface area contributed by atoms with Crippen molar-refractivity contribution in [3.05, 3.63) is 28.7 Å². The Balaban J connectivity index is 1.67. The van der Waals surface area contributed by atoms with Crippen LogP contribution in [-0.4, -0.2) is 12.6 Å². The second-order valence-corrected chi connectivity index (χ2v) is 6.10. The molecule has 1 saturated carbocycles. The highest BCUT2D eigenvalue weighted by atomic mass is 79.9. The van der Waals surface area contributed by atoms with Crippen molar-refractivity contribution >= 4 is 27.6 Å². The van der Waals surface area contributed by atoms with Crippen molar-refractivity contribution < 1.29 is 4.79 Å². The molecular weight excluding hydrogens is 304 g/mol. The van der Waals surface area contributed by atoms with E-state index in [4.69, 9.17) is 0 Å². The van der Waals surface area contributed by atoms with Crippen LogP contribution in [0.15, 0.2) is 28.7 Å². The van der Waals surface area contributed by atoms with Crippen LogP contribution in [0.4, 0.5) is 10.5 Å². The minimum Gasteiger partial charge on any atom is -0.338 e. The van der Waals surface area contributed by atoms with Gasteiger partial charge >= 0.3 is 6.03 Å². The predicted molar refractivity (Wildman–Crippen MR) is 82.4 cm³/mol. The molecule has 2 N–H and O–H groups in total. The highest BCUT2D eigenvalue weighted by Crippen LogP contribution is 2.25. The highest BCUT2D eigenvalue weighted by Gasteiger charge is 2.13. The first-order valence-electron chi connectivity index (χ1n) is 7.04. The van der Waals surface area contributed by atoms with E-state index in [1.807, 2.05) is 24.3 Å². The lowest BCUT2D eigenvalue weighted by molar-refractivity contribution is 0.250. The van der Waals surface area contributed by atoms with E-state index in [-0.39, 0.29) is 6.03 Å². The normalized spacial score (nSPS) is 16.1. The van der Waals surface area contributed by atoms with Crippen molar-refractivity contribution in [1.82, 2.24) is 5.32 Å². The summed E-state index contributed by atoms with van der Waals surface area (Å²) in [5.74, 6) is 0.805. The Kier molecular flexibility index (Phi) is 5.70. The van der Waals surface area contributed by atoms with E-state index in [9.17, 15) is 4.79 Å². The Labute approximate surface area is 123 Å². The number of hydrogen-bond donors (Lipinski definition) is 2. The first-order valence-corrected chi connectivity index (χ1v) is 7.84. The Hall–Kier alpha value is -1.03. The first kappa shape index (κ1) is 14.4. The molecule has 1 aliphatic carbocycles. The number of rotatable bonds is 4. The highest BCUT2D eigenvalue weighted by molar-refractivity contribution is 9.10. The third-order valence-corrected chi connectivity index (χ3v) is 4.14. The minimum atomic E-state index is -0.117. The Morgan fingerprint density at radius 1 is 1.26 bits per heavy atom. The standard InChI is InChI=1S/C15H21BrN2O/c16-13-7-4-8-14(11-13)18-15(19)17-10-9-12-5-2-1-3-6-12/h4,7-8,11-12H,1-3,5-6,9-10H2,(H2,17,18,19). The van der Waals surface area contributed by atoms with Gasteiger partial charge in [-0.2, -0.15) is 0 Å². The number of hydrogen-bond acceptors (Lipinski definition) is 1. The molecule has 0 unspecified atom stereocenters. The van der Waals surface area contributed by atoms with Crippen molar-refractivity contribution in [1.29, 1.82) is 0 Å². The summed E-state index contributed by atoms with van der Waals surface area (Å²) >= 11 is 3.39. The van der Waals surface area contributed by atoms with E-state index in [1.54, 1.807) is 0 Å². The fourth-order valence-electron chi connectivity index (χ4n) is 2.61. The Bertz CT molecular complexity index is 416. The van der Waals surface area contributed by atoms with Crippen LogP contribution in [0.25, 0.3) is 0 Å². The van der Waals surface area contributed by atoms with Gasteiger partial charge < -0.3 is 10.6 Å². The Morgan fingerprint density at radius 2 is 2.05 bits per heavy atom. The third kappa shape index (κ3) is 5.23.